The van der Waals surface area contributed by atoms with Crippen molar-refractivity contribution in [2.24, 2.45) is 0 Å². The molecule has 1 aromatic rings. The molecule has 1 N–H and O–H groups in total. The third-order valence-corrected chi connectivity index (χ3v) is 5.00. The molecule has 1 atom stereocenters. The number of nitrogens with one attached hydrogen (secondary N) is 1. The minimum absolute atomic E-state index is 0.231. The van der Waals surface area contributed by atoms with Gasteiger partial charge in [0.05, 0.1) is 7.11 Å². The summed E-state index contributed by atoms with van der Waals surface area (Å²) in [6, 6.07) is 6.81. The Balaban J connectivity index is 2.38. The predicted molar refractivity (Wildman–Crippen MR) is 79.4 cm³/mol. The zero-order valence-electron chi connectivity index (χ0n) is 11.7. The topological polar surface area (TPSA) is 21.3 Å². The number of fused-ring (bicyclic) bond motifs is 1. The molecule has 1 aliphatic heterocycles. The van der Waals surface area contributed by atoms with Crippen LogP contribution in [-0.2, 0) is 5.75 Å². The van der Waals surface area contributed by atoms with Crippen LogP contribution in [0.2, 0.25) is 0 Å². The lowest BCUT2D eigenvalue weighted by Gasteiger charge is -2.40. The second-order valence-electron chi connectivity index (χ2n) is 5.31. The molecule has 1 aliphatic rings. The zero-order valence-corrected chi connectivity index (χ0v) is 12.6. The lowest BCUT2D eigenvalue weighted by molar-refractivity contribution is 0.401. The number of hydrogen-bond acceptors (Lipinski definition) is 3. The smallest absolute Gasteiger partial charge is 0.123 e. The van der Waals surface area contributed by atoms with Gasteiger partial charge in [0, 0.05) is 22.1 Å². The molecule has 2 rings (SSSR count). The molecule has 0 saturated carbocycles. The summed E-state index contributed by atoms with van der Waals surface area (Å²) in [4.78, 5) is 0. The van der Waals surface area contributed by atoms with Gasteiger partial charge in [0.1, 0.15) is 5.75 Å². The molecule has 0 saturated heterocycles. The van der Waals surface area contributed by atoms with Crippen molar-refractivity contribution in [2.75, 3.05) is 13.7 Å². The monoisotopic (exact) mass is 265 g/mol. The van der Waals surface area contributed by atoms with Crippen molar-refractivity contribution in [1.82, 2.24) is 5.32 Å². The van der Waals surface area contributed by atoms with Crippen molar-refractivity contribution in [1.29, 1.82) is 0 Å². The molecule has 3 heteroatoms. The summed E-state index contributed by atoms with van der Waals surface area (Å²) >= 11 is 2.01. The van der Waals surface area contributed by atoms with E-state index in [4.69, 9.17) is 4.74 Å². The molecule has 0 amide bonds. The fourth-order valence-corrected chi connectivity index (χ4v) is 3.76. The quantitative estimate of drug-likeness (QED) is 0.895. The first-order chi connectivity index (χ1) is 8.60. The first-order valence-electron chi connectivity index (χ1n) is 6.63. The van der Waals surface area contributed by atoms with E-state index >= 15 is 0 Å². The summed E-state index contributed by atoms with van der Waals surface area (Å²) in [5.41, 5.74) is 2.77. The standard InChI is InChI=1S/C15H23NOS/c1-5-9-16-14-11-7-6-8-13(17-4)12(11)10-18-15(14,2)3/h6-8,14,16H,5,9-10H2,1-4H3. The van der Waals surface area contributed by atoms with Gasteiger partial charge in [-0.25, -0.2) is 0 Å². The second-order valence-corrected chi connectivity index (χ2v) is 6.94. The maximum absolute atomic E-state index is 5.49. The third kappa shape index (κ3) is 2.52. The SMILES string of the molecule is CCCNC1c2cccc(OC)c2CSC1(C)C. The van der Waals surface area contributed by atoms with E-state index in [0.717, 1.165) is 24.5 Å². The van der Waals surface area contributed by atoms with E-state index in [-0.39, 0.29) is 4.75 Å². The molecule has 18 heavy (non-hydrogen) atoms. The van der Waals surface area contributed by atoms with Gasteiger partial charge in [-0.2, -0.15) is 0 Å². The van der Waals surface area contributed by atoms with Gasteiger partial charge >= 0.3 is 0 Å². The van der Waals surface area contributed by atoms with Crippen molar-refractivity contribution in [2.45, 2.75) is 43.7 Å². The highest BCUT2D eigenvalue weighted by molar-refractivity contribution is 8.00. The van der Waals surface area contributed by atoms with Crippen LogP contribution in [0.3, 0.4) is 0 Å². The minimum atomic E-state index is 0.231. The zero-order chi connectivity index (χ0) is 13.2. The van der Waals surface area contributed by atoms with Gasteiger partial charge in [-0.3, -0.25) is 0 Å². The fraction of sp³-hybridized carbons (Fsp3) is 0.600. The van der Waals surface area contributed by atoms with Gasteiger partial charge < -0.3 is 10.1 Å². The average Bonchev–Trinajstić information content (AvgIpc) is 2.36. The molecular weight excluding hydrogens is 242 g/mol. The van der Waals surface area contributed by atoms with Crippen LogP contribution in [0.15, 0.2) is 18.2 Å². The lowest BCUT2D eigenvalue weighted by Crippen LogP contribution is -2.40. The maximum Gasteiger partial charge on any atom is 0.123 e. The van der Waals surface area contributed by atoms with Gasteiger partial charge in [0.15, 0.2) is 0 Å². The average molecular weight is 265 g/mol. The van der Waals surface area contributed by atoms with Crippen molar-refractivity contribution in [3.05, 3.63) is 29.3 Å². The van der Waals surface area contributed by atoms with Crippen LogP contribution in [0.25, 0.3) is 0 Å². The van der Waals surface area contributed by atoms with Gasteiger partial charge in [0.2, 0.25) is 0 Å². The van der Waals surface area contributed by atoms with Crippen LogP contribution < -0.4 is 10.1 Å². The molecule has 0 fully saturated rings. The number of rotatable bonds is 4. The summed E-state index contributed by atoms with van der Waals surface area (Å²) in [7, 11) is 1.76. The van der Waals surface area contributed by atoms with Crippen LogP contribution in [0.5, 0.6) is 5.75 Å². The Morgan fingerprint density at radius 1 is 1.44 bits per heavy atom. The van der Waals surface area contributed by atoms with Crippen molar-refractivity contribution >= 4 is 11.8 Å². The van der Waals surface area contributed by atoms with Crippen molar-refractivity contribution in [3.63, 3.8) is 0 Å². The van der Waals surface area contributed by atoms with E-state index in [2.05, 4.69) is 44.3 Å². The minimum Gasteiger partial charge on any atom is -0.496 e. The largest absolute Gasteiger partial charge is 0.496 e. The van der Waals surface area contributed by atoms with Crippen LogP contribution >= 0.6 is 11.8 Å². The Labute approximate surface area is 114 Å². The van der Waals surface area contributed by atoms with Crippen LogP contribution in [-0.4, -0.2) is 18.4 Å². The normalized spacial score (nSPS) is 21.4. The molecule has 0 spiro atoms. The number of hydrogen-bond donors (Lipinski definition) is 1. The maximum atomic E-state index is 5.49. The molecule has 100 valence electrons. The molecule has 0 aliphatic carbocycles. The Hall–Kier alpha value is -0.670. The Bertz CT molecular complexity index is 417. The number of benzene rings is 1. The second kappa shape index (κ2) is 5.54. The van der Waals surface area contributed by atoms with Gasteiger partial charge in [-0.15, -0.1) is 11.8 Å². The molecule has 1 aromatic carbocycles. The molecule has 1 unspecified atom stereocenters. The summed E-state index contributed by atoms with van der Waals surface area (Å²) in [6.07, 6.45) is 1.16. The Morgan fingerprint density at radius 3 is 2.89 bits per heavy atom. The van der Waals surface area contributed by atoms with E-state index in [1.165, 1.54) is 11.1 Å². The first kappa shape index (κ1) is 13.8. The molecule has 1 heterocycles. The highest BCUT2D eigenvalue weighted by Crippen LogP contribution is 2.47. The molecule has 0 radical (unpaired) electrons. The molecule has 0 aromatic heterocycles. The van der Waals surface area contributed by atoms with Gasteiger partial charge in [0.25, 0.3) is 0 Å². The number of ether oxygens (including phenoxy) is 1. The summed E-state index contributed by atoms with van der Waals surface area (Å²) < 4.78 is 5.72. The van der Waals surface area contributed by atoms with Crippen molar-refractivity contribution in [3.8, 4) is 5.75 Å². The van der Waals surface area contributed by atoms with Gasteiger partial charge in [-0.1, -0.05) is 19.1 Å². The van der Waals surface area contributed by atoms with E-state index in [0.29, 0.717) is 6.04 Å². The molecule has 2 nitrogen and oxygen atoms in total. The lowest BCUT2D eigenvalue weighted by atomic mass is 9.90. The highest BCUT2D eigenvalue weighted by Gasteiger charge is 2.37. The molecular formula is C15H23NOS. The van der Waals surface area contributed by atoms with E-state index < -0.39 is 0 Å². The highest BCUT2D eigenvalue weighted by atomic mass is 32.2. The van der Waals surface area contributed by atoms with Crippen LogP contribution in [0.4, 0.5) is 0 Å². The molecule has 0 bridgehead atoms. The van der Waals surface area contributed by atoms with E-state index in [1.807, 2.05) is 11.8 Å². The summed E-state index contributed by atoms with van der Waals surface area (Å²) in [5.74, 6) is 2.07. The Morgan fingerprint density at radius 2 is 2.22 bits per heavy atom. The summed E-state index contributed by atoms with van der Waals surface area (Å²) in [5, 5.41) is 3.69. The number of methoxy groups -OCH3 is 1. The van der Waals surface area contributed by atoms with E-state index in [9.17, 15) is 0 Å². The Kier molecular flexibility index (Phi) is 4.23. The fourth-order valence-electron chi connectivity index (χ4n) is 2.56. The van der Waals surface area contributed by atoms with Crippen LogP contribution in [0, 0.1) is 0 Å². The number of thioether (sulfide) groups is 1. The van der Waals surface area contributed by atoms with Gasteiger partial charge in [-0.05, 0) is 38.4 Å². The van der Waals surface area contributed by atoms with Crippen molar-refractivity contribution < 1.29 is 4.74 Å². The van der Waals surface area contributed by atoms with Crippen LogP contribution in [0.1, 0.15) is 44.4 Å². The predicted octanol–water partition coefficient (Wildman–Crippen LogP) is 3.76. The third-order valence-electron chi connectivity index (χ3n) is 3.58. The summed E-state index contributed by atoms with van der Waals surface area (Å²) in [6.45, 7) is 7.93. The van der Waals surface area contributed by atoms with E-state index in [1.54, 1.807) is 7.11 Å². The first-order valence-corrected chi connectivity index (χ1v) is 7.62.